The van der Waals surface area contributed by atoms with Gasteiger partial charge < -0.3 is 20.1 Å². The van der Waals surface area contributed by atoms with E-state index in [2.05, 4.69) is 17.2 Å². The summed E-state index contributed by atoms with van der Waals surface area (Å²) < 4.78 is 15.6. The minimum Gasteiger partial charge on any atom is -0.393 e. The highest BCUT2D eigenvalue weighted by Crippen LogP contribution is 2.29. The predicted molar refractivity (Wildman–Crippen MR) is 154 cm³/mol. The zero-order valence-corrected chi connectivity index (χ0v) is 22.9. The molecular formula is C32H36FN4O3. The lowest BCUT2D eigenvalue weighted by Crippen LogP contribution is -2.25. The predicted octanol–water partition coefficient (Wildman–Crippen LogP) is 5.53. The molecule has 8 heteroatoms. The molecule has 4 aromatic rings. The van der Waals surface area contributed by atoms with Crippen LogP contribution in [0, 0.1) is 12.7 Å². The van der Waals surface area contributed by atoms with E-state index in [4.69, 9.17) is 4.98 Å². The second kappa shape index (κ2) is 13.5. The Morgan fingerprint density at radius 2 is 1.73 bits per heavy atom. The van der Waals surface area contributed by atoms with Crippen LogP contribution in [0.25, 0.3) is 22.6 Å². The number of nitrogens with one attached hydrogen (secondary N) is 1. The molecule has 0 aliphatic heterocycles. The fourth-order valence-corrected chi connectivity index (χ4v) is 4.79. The third-order valence-electron chi connectivity index (χ3n) is 6.81. The number of imidazole rings is 1. The Kier molecular flexibility index (Phi) is 9.79. The summed E-state index contributed by atoms with van der Waals surface area (Å²) in [5.41, 5.74) is 4.29. The number of aliphatic hydroxyl groups is 2. The molecule has 0 aliphatic carbocycles. The second-order valence-corrected chi connectivity index (χ2v) is 10.2. The van der Waals surface area contributed by atoms with Gasteiger partial charge >= 0.3 is 0 Å². The number of carbonyl (C=O) groups excluding carboxylic acids is 1. The summed E-state index contributed by atoms with van der Waals surface area (Å²) in [6.45, 7) is 8.28. The van der Waals surface area contributed by atoms with Gasteiger partial charge in [0.2, 0.25) is 0 Å². The lowest BCUT2D eigenvalue weighted by molar-refractivity contribution is 0.0742. The number of benzene rings is 2. The molecule has 2 heterocycles. The average molecular weight is 544 g/mol. The van der Waals surface area contributed by atoms with Crippen LogP contribution in [0.4, 0.5) is 4.39 Å². The van der Waals surface area contributed by atoms with Crippen molar-refractivity contribution in [3.63, 3.8) is 0 Å². The molecule has 0 saturated carbocycles. The van der Waals surface area contributed by atoms with E-state index in [9.17, 15) is 19.4 Å². The van der Waals surface area contributed by atoms with Crippen LogP contribution in [-0.4, -0.2) is 42.9 Å². The molecule has 1 radical (unpaired) electrons. The molecular weight excluding hydrogens is 507 g/mol. The number of hydrogen-bond acceptors (Lipinski definition) is 5. The molecule has 3 N–H and O–H groups in total. The topological polar surface area (TPSA) is 100 Å². The van der Waals surface area contributed by atoms with Crippen LogP contribution < -0.4 is 5.32 Å². The van der Waals surface area contributed by atoms with Crippen LogP contribution in [-0.2, 0) is 13.1 Å². The number of nitrogens with zero attached hydrogens (tertiary/aromatic N) is 3. The summed E-state index contributed by atoms with van der Waals surface area (Å²) in [6, 6.07) is 19.5. The van der Waals surface area contributed by atoms with Gasteiger partial charge in [0.05, 0.1) is 23.6 Å². The Bertz CT molecular complexity index is 1400. The minimum atomic E-state index is -0.750. The van der Waals surface area contributed by atoms with Crippen LogP contribution >= 0.6 is 0 Å². The van der Waals surface area contributed by atoms with Crippen molar-refractivity contribution in [2.45, 2.75) is 64.3 Å². The van der Waals surface area contributed by atoms with Crippen molar-refractivity contribution in [2.75, 3.05) is 0 Å². The zero-order chi connectivity index (χ0) is 28.6. The van der Waals surface area contributed by atoms with Gasteiger partial charge in [-0.15, -0.1) is 0 Å². The molecule has 2 atom stereocenters. The van der Waals surface area contributed by atoms with Gasteiger partial charge in [0.25, 0.3) is 5.91 Å². The Balaban J connectivity index is 1.65. The first-order chi connectivity index (χ1) is 19.3. The normalized spacial score (nSPS) is 12.9. The number of rotatable bonds is 12. The molecule has 2 aromatic heterocycles. The van der Waals surface area contributed by atoms with Crippen molar-refractivity contribution in [2.24, 2.45) is 0 Å². The first-order valence-electron chi connectivity index (χ1n) is 13.6. The number of amides is 1. The first-order valence-corrected chi connectivity index (χ1v) is 13.6. The molecule has 209 valence electrons. The second-order valence-electron chi connectivity index (χ2n) is 10.2. The molecule has 40 heavy (non-hydrogen) atoms. The number of pyridine rings is 1. The van der Waals surface area contributed by atoms with Gasteiger partial charge in [0, 0.05) is 30.4 Å². The molecule has 0 bridgehead atoms. The van der Waals surface area contributed by atoms with E-state index in [1.54, 1.807) is 18.3 Å². The molecule has 1 amide bonds. The van der Waals surface area contributed by atoms with Gasteiger partial charge in [-0.1, -0.05) is 57.2 Å². The third kappa shape index (κ3) is 7.00. The number of halogens is 1. The SMILES string of the molecule is [CH2]CC(O)CC(O)CCn1c(-c2ccc(F)cc2)nc(C(=O)NCc2cccnc2-c2ccccc2)c1C(C)C. The van der Waals surface area contributed by atoms with Crippen LogP contribution in [0.2, 0.25) is 0 Å². The van der Waals surface area contributed by atoms with E-state index in [0.717, 1.165) is 22.5 Å². The molecule has 2 aromatic carbocycles. The standard InChI is InChI=1S/C32H36FN4O3/c1-4-26(38)19-27(39)16-18-37-30(21(2)3)29(36-31(37)23-12-14-25(33)15-13-23)32(40)35-20-24-11-8-17-34-28(24)22-9-6-5-7-10-22/h5-15,17,21,26-27,38-39H,1,4,16,18-20H2,2-3H3,(H,35,40). The van der Waals surface area contributed by atoms with Crippen LogP contribution in [0.5, 0.6) is 0 Å². The summed E-state index contributed by atoms with van der Waals surface area (Å²) in [5.74, 6) is -0.248. The lowest BCUT2D eigenvalue weighted by atomic mass is 10.0. The Hall–Kier alpha value is -3.88. The highest BCUT2D eigenvalue weighted by atomic mass is 19.1. The zero-order valence-electron chi connectivity index (χ0n) is 22.9. The van der Waals surface area contributed by atoms with Crippen LogP contribution in [0.15, 0.2) is 72.9 Å². The molecule has 2 unspecified atom stereocenters. The van der Waals surface area contributed by atoms with Gasteiger partial charge in [0.1, 0.15) is 17.3 Å². The average Bonchev–Trinajstić information content (AvgIpc) is 3.35. The quantitative estimate of drug-likeness (QED) is 0.218. The number of hydrogen-bond donors (Lipinski definition) is 3. The lowest BCUT2D eigenvalue weighted by Gasteiger charge is -2.19. The summed E-state index contributed by atoms with van der Waals surface area (Å²) in [4.78, 5) is 22.9. The molecule has 7 nitrogen and oxygen atoms in total. The minimum absolute atomic E-state index is 0.0664. The number of aliphatic hydroxyl groups excluding tert-OH is 2. The van der Waals surface area contributed by atoms with Crippen molar-refractivity contribution in [1.29, 1.82) is 0 Å². The maximum Gasteiger partial charge on any atom is 0.272 e. The van der Waals surface area contributed by atoms with E-state index >= 15 is 0 Å². The Morgan fingerprint density at radius 3 is 2.40 bits per heavy atom. The van der Waals surface area contributed by atoms with Crippen molar-refractivity contribution in [1.82, 2.24) is 19.9 Å². The maximum absolute atomic E-state index is 13.7. The number of aromatic nitrogens is 3. The van der Waals surface area contributed by atoms with Crippen molar-refractivity contribution in [3.8, 4) is 22.6 Å². The fourth-order valence-electron chi connectivity index (χ4n) is 4.79. The highest BCUT2D eigenvalue weighted by molar-refractivity contribution is 5.94. The number of carbonyl (C=O) groups is 1. The smallest absolute Gasteiger partial charge is 0.272 e. The van der Waals surface area contributed by atoms with Gasteiger partial charge in [-0.05, 0) is 61.1 Å². The van der Waals surface area contributed by atoms with E-state index in [-0.39, 0.29) is 36.3 Å². The third-order valence-corrected chi connectivity index (χ3v) is 6.81. The van der Waals surface area contributed by atoms with Crippen LogP contribution in [0.1, 0.15) is 60.8 Å². The van der Waals surface area contributed by atoms with E-state index in [1.807, 2.05) is 60.9 Å². The summed E-state index contributed by atoms with van der Waals surface area (Å²) in [6.07, 6.45) is 1.16. The molecule has 0 aliphatic rings. The van der Waals surface area contributed by atoms with Gasteiger partial charge in [-0.25, -0.2) is 9.37 Å². The Morgan fingerprint density at radius 1 is 1.00 bits per heavy atom. The monoisotopic (exact) mass is 543 g/mol. The molecule has 0 fully saturated rings. The van der Waals surface area contributed by atoms with E-state index in [0.29, 0.717) is 30.8 Å². The first kappa shape index (κ1) is 29.1. The summed E-state index contributed by atoms with van der Waals surface area (Å²) in [5, 5.41) is 23.5. The van der Waals surface area contributed by atoms with Crippen molar-refractivity contribution >= 4 is 5.91 Å². The van der Waals surface area contributed by atoms with Gasteiger partial charge in [-0.3, -0.25) is 9.78 Å². The summed E-state index contributed by atoms with van der Waals surface area (Å²) in [7, 11) is 0. The van der Waals surface area contributed by atoms with Crippen molar-refractivity contribution < 1.29 is 19.4 Å². The summed E-state index contributed by atoms with van der Waals surface area (Å²) >= 11 is 0. The fraction of sp³-hybridized carbons (Fsp3) is 0.312. The van der Waals surface area contributed by atoms with Gasteiger partial charge in [-0.2, -0.15) is 0 Å². The molecule has 0 saturated heterocycles. The van der Waals surface area contributed by atoms with Crippen LogP contribution in [0.3, 0.4) is 0 Å². The van der Waals surface area contributed by atoms with E-state index < -0.39 is 12.2 Å². The maximum atomic E-state index is 13.7. The van der Waals surface area contributed by atoms with Crippen molar-refractivity contribution in [3.05, 3.63) is 103 Å². The van der Waals surface area contributed by atoms with Gasteiger partial charge in [0.15, 0.2) is 0 Å². The Labute approximate surface area is 234 Å². The largest absolute Gasteiger partial charge is 0.393 e. The molecule has 4 rings (SSSR count). The highest BCUT2D eigenvalue weighted by Gasteiger charge is 2.26. The molecule has 0 spiro atoms. The van der Waals surface area contributed by atoms with E-state index in [1.165, 1.54) is 12.1 Å².